The van der Waals surface area contributed by atoms with Gasteiger partial charge < -0.3 is 0 Å². The molecule has 17 aromatic carbocycles. The van der Waals surface area contributed by atoms with Gasteiger partial charge in [0, 0.05) is 0 Å². The Balaban J connectivity index is 0.000000141. The zero-order chi connectivity index (χ0) is 56.9. The van der Waals surface area contributed by atoms with Gasteiger partial charge in [-0.3, -0.25) is 0 Å². The molecule has 0 saturated heterocycles. The second-order valence-corrected chi connectivity index (χ2v) is 22.5. The number of rotatable bonds is 7. The Kier molecular flexibility index (Phi) is 12.7. The lowest BCUT2D eigenvalue weighted by molar-refractivity contribution is 1.63. The summed E-state index contributed by atoms with van der Waals surface area (Å²) in [5, 5.41) is 20.3. The standard InChI is InChI=1S/C46H30.C40H26/c1-3-14-31(15-4-1)35-23-12-26-39-37(24-13-25-38(35)39)34-28-29-43-44(30-34)46(40-27-11-19-32-16-7-8-20-36(32)40)42-22-10-9-21-41(42)45(43)33-17-5-2-6-18-33;1-2-14-29(15-3-1)39-35-20-8-9-21-36(35)40(34-23-11-17-28-13-5-7-19-32(28)34)38-26-30(24-25-37(38)39)33-22-10-16-27-12-4-6-18-31(27)33/h1-30H;1-26H. The SMILES string of the molecule is c1ccc(-c2c3ccccc3c(-c3cccc4ccccc34)c3cc(-c4cccc5ccccc45)ccc23)cc1.c1ccc(-c2cccc3c(-c4ccc5c(-c6ccccc6)c6ccccc6c(-c6cccc7ccccc67)c5c4)cccc23)cc1. The van der Waals surface area contributed by atoms with Crippen LogP contribution in [0, 0.1) is 0 Å². The molecule has 0 N–H and O–H groups in total. The van der Waals surface area contributed by atoms with E-state index in [4.69, 9.17) is 0 Å². The van der Waals surface area contributed by atoms with Crippen LogP contribution < -0.4 is 0 Å². The minimum atomic E-state index is 1.22. The summed E-state index contributed by atoms with van der Waals surface area (Å²) in [6.45, 7) is 0. The lowest BCUT2D eigenvalue weighted by Crippen LogP contribution is -1.93. The molecule has 17 aromatic rings. The molecule has 0 amide bonds. The Morgan fingerprint density at radius 1 is 0.116 bits per heavy atom. The van der Waals surface area contributed by atoms with E-state index in [1.807, 2.05) is 0 Å². The van der Waals surface area contributed by atoms with Crippen LogP contribution in [-0.2, 0) is 0 Å². The van der Waals surface area contributed by atoms with Crippen LogP contribution in [0.5, 0.6) is 0 Å². The first-order chi connectivity index (χ1) is 42.7. The van der Waals surface area contributed by atoms with E-state index in [-0.39, 0.29) is 0 Å². The van der Waals surface area contributed by atoms with Gasteiger partial charge in [-0.1, -0.05) is 328 Å². The molecule has 0 bridgehead atoms. The Bertz CT molecular complexity index is 5430. The van der Waals surface area contributed by atoms with Gasteiger partial charge in [0.05, 0.1) is 0 Å². The lowest BCUT2D eigenvalue weighted by atomic mass is 9.83. The Morgan fingerprint density at radius 2 is 0.372 bits per heavy atom. The molecule has 0 aromatic heterocycles. The highest BCUT2D eigenvalue weighted by Gasteiger charge is 2.22. The molecule has 0 fully saturated rings. The fourth-order valence-electron chi connectivity index (χ4n) is 13.9. The van der Waals surface area contributed by atoms with Crippen LogP contribution in [0.25, 0.3) is 164 Å². The Morgan fingerprint density at radius 3 is 0.779 bits per heavy atom. The normalized spacial score (nSPS) is 11.5. The van der Waals surface area contributed by atoms with Crippen molar-refractivity contribution >= 4 is 86.2 Å². The molecule has 0 spiro atoms. The predicted molar refractivity (Wildman–Crippen MR) is 371 cm³/mol. The van der Waals surface area contributed by atoms with E-state index in [2.05, 4.69) is 340 Å². The maximum atomic E-state index is 2.44. The minimum absolute atomic E-state index is 1.22. The molecule has 0 atom stereocenters. The quantitative estimate of drug-likeness (QED) is 0.140. The van der Waals surface area contributed by atoms with E-state index < -0.39 is 0 Å². The van der Waals surface area contributed by atoms with Gasteiger partial charge in [-0.05, 0) is 176 Å². The highest BCUT2D eigenvalue weighted by molar-refractivity contribution is 6.26. The van der Waals surface area contributed by atoms with E-state index >= 15 is 0 Å². The summed E-state index contributed by atoms with van der Waals surface area (Å²) in [5.74, 6) is 0. The second-order valence-electron chi connectivity index (χ2n) is 22.5. The minimum Gasteiger partial charge on any atom is -0.0622 e. The van der Waals surface area contributed by atoms with Crippen LogP contribution in [-0.4, -0.2) is 0 Å². The molecule has 0 aliphatic heterocycles. The van der Waals surface area contributed by atoms with Crippen LogP contribution in [0.15, 0.2) is 340 Å². The molecule has 0 aliphatic carbocycles. The van der Waals surface area contributed by atoms with Gasteiger partial charge in [-0.15, -0.1) is 0 Å². The first-order valence-electron chi connectivity index (χ1n) is 29.8. The van der Waals surface area contributed by atoms with Crippen molar-refractivity contribution in [2.24, 2.45) is 0 Å². The Labute approximate surface area is 500 Å². The summed E-state index contributed by atoms with van der Waals surface area (Å²) in [4.78, 5) is 0. The molecule has 0 heteroatoms. The van der Waals surface area contributed by atoms with Crippen LogP contribution in [0.1, 0.15) is 0 Å². The zero-order valence-corrected chi connectivity index (χ0v) is 47.3. The van der Waals surface area contributed by atoms with E-state index in [1.165, 1.54) is 164 Å². The average molecular weight is 1090 g/mol. The fraction of sp³-hybridized carbons (Fsp3) is 0. The summed E-state index contributed by atoms with van der Waals surface area (Å²) in [5.41, 5.74) is 17.6. The number of benzene rings is 17. The molecule has 400 valence electrons. The van der Waals surface area contributed by atoms with Crippen LogP contribution in [0.4, 0.5) is 0 Å². The summed E-state index contributed by atoms with van der Waals surface area (Å²) in [6, 6.07) is 124. The summed E-state index contributed by atoms with van der Waals surface area (Å²) >= 11 is 0. The third kappa shape index (κ3) is 8.70. The van der Waals surface area contributed by atoms with Crippen molar-refractivity contribution in [3.8, 4) is 77.9 Å². The first-order valence-corrected chi connectivity index (χ1v) is 29.8. The lowest BCUT2D eigenvalue weighted by Gasteiger charge is -2.20. The van der Waals surface area contributed by atoms with Crippen molar-refractivity contribution in [2.75, 3.05) is 0 Å². The zero-order valence-electron chi connectivity index (χ0n) is 47.3. The van der Waals surface area contributed by atoms with Crippen molar-refractivity contribution in [3.63, 3.8) is 0 Å². The second kappa shape index (κ2) is 21.5. The number of fused-ring (bicyclic) bond motifs is 8. The van der Waals surface area contributed by atoms with Gasteiger partial charge in [0.2, 0.25) is 0 Å². The summed E-state index contributed by atoms with van der Waals surface area (Å²) in [7, 11) is 0. The monoisotopic (exact) mass is 1090 g/mol. The van der Waals surface area contributed by atoms with Crippen molar-refractivity contribution in [3.05, 3.63) is 340 Å². The molecule has 0 unspecified atom stereocenters. The van der Waals surface area contributed by atoms with E-state index in [1.54, 1.807) is 0 Å². The van der Waals surface area contributed by atoms with Gasteiger partial charge in [-0.25, -0.2) is 0 Å². The highest BCUT2D eigenvalue weighted by atomic mass is 14.2. The highest BCUT2D eigenvalue weighted by Crippen LogP contribution is 2.49. The maximum Gasteiger partial charge on any atom is -0.00199 e. The van der Waals surface area contributed by atoms with Crippen molar-refractivity contribution in [1.29, 1.82) is 0 Å². The van der Waals surface area contributed by atoms with Crippen molar-refractivity contribution < 1.29 is 0 Å². The number of hydrogen-bond donors (Lipinski definition) is 0. The van der Waals surface area contributed by atoms with Gasteiger partial charge in [-0.2, -0.15) is 0 Å². The van der Waals surface area contributed by atoms with E-state index in [9.17, 15) is 0 Å². The topological polar surface area (TPSA) is 0 Å². The van der Waals surface area contributed by atoms with Crippen LogP contribution in [0.2, 0.25) is 0 Å². The van der Waals surface area contributed by atoms with E-state index in [0.29, 0.717) is 0 Å². The Hall–Kier alpha value is -11.2. The van der Waals surface area contributed by atoms with Crippen LogP contribution in [0.3, 0.4) is 0 Å². The van der Waals surface area contributed by atoms with Gasteiger partial charge in [0.15, 0.2) is 0 Å². The molecular weight excluding hydrogens is 1030 g/mol. The molecule has 0 saturated carbocycles. The number of hydrogen-bond acceptors (Lipinski definition) is 0. The predicted octanol–water partition coefficient (Wildman–Crippen LogP) is 24.3. The first kappa shape index (κ1) is 50.5. The molecule has 0 radical (unpaired) electrons. The molecule has 0 nitrogen and oxygen atoms in total. The molecule has 17 rings (SSSR count). The maximum absolute atomic E-state index is 2.44. The summed E-state index contributed by atoms with van der Waals surface area (Å²) < 4.78 is 0. The van der Waals surface area contributed by atoms with E-state index in [0.717, 1.165) is 0 Å². The molecule has 0 heterocycles. The molecule has 86 heavy (non-hydrogen) atoms. The largest absolute Gasteiger partial charge is 0.0622 e. The molecular formula is C86H56. The van der Waals surface area contributed by atoms with Gasteiger partial charge in [0.1, 0.15) is 0 Å². The fourth-order valence-corrected chi connectivity index (χ4v) is 13.9. The summed E-state index contributed by atoms with van der Waals surface area (Å²) in [6.07, 6.45) is 0. The van der Waals surface area contributed by atoms with Crippen molar-refractivity contribution in [2.45, 2.75) is 0 Å². The van der Waals surface area contributed by atoms with Gasteiger partial charge >= 0.3 is 0 Å². The third-order valence-corrected chi connectivity index (χ3v) is 17.7. The van der Waals surface area contributed by atoms with Gasteiger partial charge in [0.25, 0.3) is 0 Å². The smallest absolute Gasteiger partial charge is 0.00199 e. The molecule has 0 aliphatic rings. The van der Waals surface area contributed by atoms with Crippen LogP contribution >= 0.6 is 0 Å². The van der Waals surface area contributed by atoms with Crippen molar-refractivity contribution in [1.82, 2.24) is 0 Å². The third-order valence-electron chi connectivity index (χ3n) is 17.7. The average Bonchev–Trinajstić information content (AvgIpc) is 1.17.